The van der Waals surface area contributed by atoms with Crippen molar-refractivity contribution in [3.63, 3.8) is 0 Å². The zero-order valence-electron chi connectivity index (χ0n) is 18.6. The molecule has 0 aromatic heterocycles. The lowest BCUT2D eigenvalue weighted by atomic mass is 9.74. The van der Waals surface area contributed by atoms with Crippen LogP contribution in [0.5, 0.6) is 0 Å². The van der Waals surface area contributed by atoms with Gasteiger partial charge in [-0.3, -0.25) is 9.59 Å². The molecule has 0 saturated carbocycles. The molecule has 0 bridgehead atoms. The fourth-order valence-electron chi connectivity index (χ4n) is 5.33. The molecule has 2 unspecified atom stereocenters. The molecule has 5 rings (SSSR count). The topological polar surface area (TPSA) is 76.4 Å². The summed E-state index contributed by atoms with van der Waals surface area (Å²) in [6.45, 7) is 2.07. The van der Waals surface area contributed by atoms with E-state index in [2.05, 4.69) is 16.3 Å². The van der Waals surface area contributed by atoms with Crippen molar-refractivity contribution in [2.24, 2.45) is 0 Å². The maximum atomic E-state index is 13.9. The Labute approximate surface area is 202 Å². The molecule has 2 atom stereocenters. The number of nitrogens with zero attached hydrogens (tertiary/aromatic N) is 3. The van der Waals surface area contributed by atoms with Gasteiger partial charge in [0.05, 0.1) is 5.92 Å². The number of carbonyl (C=O) groups is 2. The van der Waals surface area contributed by atoms with E-state index in [1.54, 1.807) is 17.0 Å². The van der Waals surface area contributed by atoms with Gasteiger partial charge in [0.15, 0.2) is 5.78 Å². The second-order valence-electron chi connectivity index (χ2n) is 8.96. The average Bonchev–Trinajstić information content (AvgIpc) is 3.21. The summed E-state index contributed by atoms with van der Waals surface area (Å²) in [6, 6.07) is 15.6. The van der Waals surface area contributed by atoms with E-state index in [4.69, 9.17) is 11.6 Å². The third-order valence-electron chi connectivity index (χ3n) is 6.98. The molecular formula is C26H24ClFN4O2. The maximum Gasteiger partial charge on any atom is 0.264 e. The molecule has 2 aliphatic heterocycles. The molecule has 1 saturated heterocycles. The first kappa shape index (κ1) is 22.4. The predicted molar refractivity (Wildman–Crippen MR) is 127 cm³/mol. The van der Waals surface area contributed by atoms with E-state index < -0.39 is 17.3 Å². The number of hydrogen-bond acceptors (Lipinski definition) is 5. The number of piperazine rings is 1. The van der Waals surface area contributed by atoms with Gasteiger partial charge in [-0.15, -0.1) is 0 Å². The van der Waals surface area contributed by atoms with Gasteiger partial charge < -0.3 is 15.1 Å². The lowest BCUT2D eigenvalue weighted by Gasteiger charge is -2.40. The number of hydrogen-bond donors (Lipinski definition) is 1. The van der Waals surface area contributed by atoms with Crippen molar-refractivity contribution >= 4 is 29.0 Å². The van der Waals surface area contributed by atoms with Gasteiger partial charge in [0.1, 0.15) is 11.9 Å². The Morgan fingerprint density at radius 2 is 1.85 bits per heavy atom. The molecule has 2 aromatic carbocycles. The molecule has 6 nitrogen and oxygen atoms in total. The van der Waals surface area contributed by atoms with Crippen molar-refractivity contribution < 1.29 is 14.0 Å². The van der Waals surface area contributed by atoms with Crippen LogP contribution >= 0.6 is 11.6 Å². The quantitative estimate of drug-likeness (QED) is 0.726. The predicted octanol–water partition coefficient (Wildman–Crippen LogP) is 3.78. The summed E-state index contributed by atoms with van der Waals surface area (Å²) in [7, 11) is 0. The molecule has 1 fully saturated rings. The van der Waals surface area contributed by atoms with E-state index in [-0.39, 0.29) is 11.7 Å². The number of nitriles is 1. The van der Waals surface area contributed by atoms with E-state index in [1.165, 1.54) is 12.1 Å². The van der Waals surface area contributed by atoms with Gasteiger partial charge in [0.25, 0.3) is 5.91 Å². The Kier molecular flexibility index (Phi) is 5.78. The van der Waals surface area contributed by atoms with Gasteiger partial charge in [0.2, 0.25) is 5.54 Å². The molecule has 0 spiro atoms. The lowest BCUT2D eigenvalue weighted by Crippen LogP contribution is -2.61. The first-order chi connectivity index (χ1) is 16.4. The normalized spacial score (nSPS) is 24.5. The third-order valence-corrected chi connectivity index (χ3v) is 7.22. The fourth-order valence-corrected chi connectivity index (χ4v) is 5.52. The minimum absolute atomic E-state index is 0.0567. The van der Waals surface area contributed by atoms with Crippen LogP contribution in [-0.2, 0) is 9.59 Å². The zero-order chi connectivity index (χ0) is 23.9. The summed E-state index contributed by atoms with van der Waals surface area (Å²) in [6.07, 6.45) is 1.67. The number of carbonyl (C=O) groups excluding carboxylic acids is 2. The van der Waals surface area contributed by atoms with Gasteiger partial charge in [0, 0.05) is 54.6 Å². The minimum Gasteiger partial charge on any atom is -0.368 e. The number of ketones is 1. The minimum atomic E-state index is -1.64. The Morgan fingerprint density at radius 3 is 2.53 bits per heavy atom. The number of amides is 1. The van der Waals surface area contributed by atoms with Crippen molar-refractivity contribution in [3.05, 3.63) is 76.2 Å². The number of rotatable bonds is 3. The van der Waals surface area contributed by atoms with Gasteiger partial charge in [-0.05, 0) is 48.7 Å². The maximum absolute atomic E-state index is 13.9. The standard InChI is InChI=1S/C26H24ClFN4O2/c27-18-3-1-4-20(15-18)31-11-13-32(14-12-31)25(34)26(16-29)24(17-7-9-19(28)10-8-17)23-21(30-26)5-2-6-22(23)33/h1,3-4,7-10,15,24,30H,2,5-6,11-14H2. The molecule has 1 N–H and O–H groups in total. The molecule has 8 heteroatoms. The second-order valence-corrected chi connectivity index (χ2v) is 9.39. The van der Waals surface area contributed by atoms with Gasteiger partial charge in [-0.1, -0.05) is 29.8 Å². The van der Waals surface area contributed by atoms with Gasteiger partial charge in [-0.25, -0.2) is 4.39 Å². The highest BCUT2D eigenvalue weighted by Gasteiger charge is 2.57. The second kappa shape index (κ2) is 8.77. The highest BCUT2D eigenvalue weighted by atomic mass is 35.5. The molecule has 174 valence electrons. The van der Waals surface area contributed by atoms with Gasteiger partial charge >= 0.3 is 0 Å². The average molecular weight is 479 g/mol. The zero-order valence-corrected chi connectivity index (χ0v) is 19.3. The summed E-state index contributed by atoms with van der Waals surface area (Å²) in [5, 5.41) is 14.2. The van der Waals surface area contributed by atoms with Crippen LogP contribution in [-0.4, -0.2) is 48.3 Å². The summed E-state index contributed by atoms with van der Waals surface area (Å²) in [5.74, 6) is -1.60. The number of halogens is 2. The molecular weight excluding hydrogens is 455 g/mol. The number of benzene rings is 2. The number of nitrogens with one attached hydrogen (secondary N) is 1. The summed E-state index contributed by atoms with van der Waals surface area (Å²) >= 11 is 6.13. The Morgan fingerprint density at radius 1 is 1.12 bits per heavy atom. The Balaban J connectivity index is 1.45. The first-order valence-electron chi connectivity index (χ1n) is 11.4. The number of anilines is 1. The molecule has 2 aromatic rings. The summed E-state index contributed by atoms with van der Waals surface area (Å²) in [4.78, 5) is 30.7. The van der Waals surface area contributed by atoms with Crippen molar-refractivity contribution in [3.8, 4) is 6.07 Å². The Bertz CT molecular complexity index is 1210. The fraction of sp³-hybridized carbons (Fsp3) is 0.346. The highest BCUT2D eigenvalue weighted by Crippen LogP contribution is 2.46. The van der Waals surface area contributed by atoms with Crippen LogP contribution in [0.4, 0.5) is 10.1 Å². The van der Waals surface area contributed by atoms with Crippen LogP contribution in [0.25, 0.3) is 0 Å². The first-order valence-corrected chi connectivity index (χ1v) is 11.8. The van der Waals surface area contributed by atoms with Crippen LogP contribution in [0, 0.1) is 17.1 Å². The SMILES string of the molecule is N#CC1(C(=O)N2CCN(c3cccc(Cl)c3)CC2)NC2=C(C(=O)CCC2)C1c1ccc(F)cc1. The van der Waals surface area contributed by atoms with Crippen molar-refractivity contribution in [1.82, 2.24) is 10.2 Å². The molecule has 0 radical (unpaired) electrons. The van der Waals surface area contributed by atoms with E-state index in [0.29, 0.717) is 67.3 Å². The molecule has 1 aliphatic carbocycles. The van der Waals surface area contributed by atoms with E-state index in [9.17, 15) is 19.2 Å². The smallest absolute Gasteiger partial charge is 0.264 e. The largest absolute Gasteiger partial charge is 0.368 e. The summed E-state index contributed by atoms with van der Waals surface area (Å²) < 4.78 is 13.7. The van der Waals surface area contributed by atoms with Gasteiger partial charge in [-0.2, -0.15) is 5.26 Å². The van der Waals surface area contributed by atoms with Crippen LogP contribution in [0.2, 0.25) is 5.02 Å². The molecule has 1 amide bonds. The highest BCUT2D eigenvalue weighted by molar-refractivity contribution is 6.30. The van der Waals surface area contributed by atoms with E-state index >= 15 is 0 Å². The van der Waals surface area contributed by atoms with Crippen LogP contribution in [0.3, 0.4) is 0 Å². The third kappa shape index (κ3) is 3.72. The van der Waals surface area contributed by atoms with E-state index in [0.717, 1.165) is 5.69 Å². The molecule has 2 heterocycles. The van der Waals surface area contributed by atoms with Crippen molar-refractivity contribution in [1.29, 1.82) is 5.26 Å². The van der Waals surface area contributed by atoms with E-state index in [1.807, 2.05) is 24.3 Å². The van der Waals surface area contributed by atoms with Crippen LogP contribution < -0.4 is 10.2 Å². The van der Waals surface area contributed by atoms with Crippen molar-refractivity contribution in [2.45, 2.75) is 30.7 Å². The lowest BCUT2D eigenvalue weighted by molar-refractivity contribution is -0.136. The number of Topliss-reactive ketones (excluding diaryl/α,β-unsaturated/α-hetero) is 1. The monoisotopic (exact) mass is 478 g/mol. The van der Waals surface area contributed by atoms with Crippen LogP contribution in [0.1, 0.15) is 30.7 Å². The molecule has 34 heavy (non-hydrogen) atoms. The van der Waals surface area contributed by atoms with Crippen LogP contribution in [0.15, 0.2) is 59.8 Å². The number of allylic oxidation sites excluding steroid dienone is 1. The van der Waals surface area contributed by atoms with Crippen molar-refractivity contribution in [2.75, 3.05) is 31.1 Å². The molecule has 3 aliphatic rings. The summed E-state index contributed by atoms with van der Waals surface area (Å²) in [5.41, 5.74) is 1.09. The Hall–Kier alpha value is -3.37.